The van der Waals surface area contributed by atoms with E-state index in [1.807, 2.05) is 30.7 Å². The van der Waals surface area contributed by atoms with Crippen molar-refractivity contribution >= 4 is 5.91 Å². The summed E-state index contributed by atoms with van der Waals surface area (Å²) < 4.78 is 2.06. The number of amides is 1. The molecular formula is C19H25N3O. The predicted octanol–water partition coefficient (Wildman–Crippen LogP) is 3.05. The van der Waals surface area contributed by atoms with Crippen LogP contribution in [-0.2, 0) is 17.8 Å². The van der Waals surface area contributed by atoms with Crippen LogP contribution in [-0.4, -0.2) is 22.0 Å². The maximum atomic E-state index is 12.7. The Kier molecular flexibility index (Phi) is 4.79. The van der Waals surface area contributed by atoms with Gasteiger partial charge in [0.25, 0.3) is 0 Å². The summed E-state index contributed by atoms with van der Waals surface area (Å²) in [7, 11) is 0. The Bertz CT molecular complexity index is 617. The third kappa shape index (κ3) is 3.81. The lowest BCUT2D eigenvalue weighted by molar-refractivity contribution is -0.136. The van der Waals surface area contributed by atoms with E-state index >= 15 is 0 Å². The van der Waals surface area contributed by atoms with Gasteiger partial charge in [0.05, 0.1) is 11.7 Å². The van der Waals surface area contributed by atoms with Gasteiger partial charge in [0.2, 0.25) is 5.91 Å². The SMILES string of the molecule is C[C@@H](CNC(=O)C1(Cc2ccccc2)CCC1)Cn1ccnc1. The summed E-state index contributed by atoms with van der Waals surface area (Å²) in [5.74, 6) is 0.618. The molecule has 0 aliphatic heterocycles. The second kappa shape index (κ2) is 6.99. The van der Waals surface area contributed by atoms with E-state index in [0.717, 1.165) is 32.2 Å². The summed E-state index contributed by atoms with van der Waals surface area (Å²) >= 11 is 0. The van der Waals surface area contributed by atoms with Crippen molar-refractivity contribution in [2.45, 2.75) is 39.2 Å². The van der Waals surface area contributed by atoms with Gasteiger partial charge in [-0.1, -0.05) is 43.7 Å². The van der Waals surface area contributed by atoms with Crippen LogP contribution in [0.5, 0.6) is 0 Å². The lowest BCUT2D eigenvalue weighted by Crippen LogP contribution is -2.48. The number of hydrogen-bond acceptors (Lipinski definition) is 2. The Morgan fingerprint density at radius 3 is 2.74 bits per heavy atom. The molecule has 0 saturated heterocycles. The third-order valence-corrected chi connectivity index (χ3v) is 4.87. The topological polar surface area (TPSA) is 46.9 Å². The highest BCUT2D eigenvalue weighted by Crippen LogP contribution is 2.44. The lowest BCUT2D eigenvalue weighted by atomic mass is 9.64. The van der Waals surface area contributed by atoms with E-state index in [1.165, 1.54) is 5.56 Å². The predicted molar refractivity (Wildman–Crippen MR) is 90.8 cm³/mol. The van der Waals surface area contributed by atoms with Gasteiger partial charge in [0, 0.05) is 25.5 Å². The summed E-state index contributed by atoms with van der Waals surface area (Å²) in [5.41, 5.74) is 1.07. The molecule has 0 spiro atoms. The number of carbonyl (C=O) groups is 1. The zero-order valence-corrected chi connectivity index (χ0v) is 13.7. The van der Waals surface area contributed by atoms with E-state index in [1.54, 1.807) is 6.20 Å². The van der Waals surface area contributed by atoms with E-state index in [9.17, 15) is 4.79 Å². The number of benzene rings is 1. The van der Waals surface area contributed by atoms with E-state index in [-0.39, 0.29) is 11.3 Å². The summed E-state index contributed by atoms with van der Waals surface area (Å²) in [6.07, 6.45) is 9.59. The van der Waals surface area contributed by atoms with Gasteiger partial charge in [0.15, 0.2) is 0 Å². The van der Waals surface area contributed by atoms with Crippen molar-refractivity contribution in [3.8, 4) is 0 Å². The van der Waals surface area contributed by atoms with Crippen molar-refractivity contribution in [1.82, 2.24) is 14.9 Å². The zero-order chi connectivity index (χ0) is 16.1. The first kappa shape index (κ1) is 15.8. The van der Waals surface area contributed by atoms with Crippen LogP contribution >= 0.6 is 0 Å². The molecule has 122 valence electrons. The monoisotopic (exact) mass is 311 g/mol. The fourth-order valence-electron chi connectivity index (χ4n) is 3.35. The molecule has 1 atom stereocenters. The Labute approximate surface area is 137 Å². The fraction of sp³-hybridized carbons (Fsp3) is 0.474. The number of nitrogens with zero attached hydrogens (tertiary/aromatic N) is 2. The molecule has 1 aliphatic carbocycles. The molecule has 1 aliphatic rings. The van der Waals surface area contributed by atoms with Gasteiger partial charge >= 0.3 is 0 Å². The number of carbonyl (C=O) groups excluding carboxylic acids is 1. The molecular weight excluding hydrogens is 286 g/mol. The Morgan fingerprint density at radius 2 is 2.13 bits per heavy atom. The smallest absolute Gasteiger partial charge is 0.226 e. The number of imidazole rings is 1. The first-order valence-corrected chi connectivity index (χ1v) is 8.46. The minimum Gasteiger partial charge on any atom is -0.355 e. The molecule has 1 amide bonds. The highest BCUT2D eigenvalue weighted by molar-refractivity contribution is 5.83. The first-order valence-electron chi connectivity index (χ1n) is 8.46. The van der Waals surface area contributed by atoms with Gasteiger partial charge < -0.3 is 9.88 Å². The van der Waals surface area contributed by atoms with Crippen LogP contribution in [0.2, 0.25) is 0 Å². The fourth-order valence-corrected chi connectivity index (χ4v) is 3.35. The second-order valence-corrected chi connectivity index (χ2v) is 6.87. The Morgan fingerprint density at radius 1 is 1.35 bits per heavy atom. The van der Waals surface area contributed by atoms with Gasteiger partial charge in [-0.25, -0.2) is 4.98 Å². The van der Waals surface area contributed by atoms with Gasteiger partial charge in [-0.05, 0) is 30.7 Å². The quantitative estimate of drug-likeness (QED) is 0.854. The molecule has 1 saturated carbocycles. The molecule has 0 bridgehead atoms. The van der Waals surface area contributed by atoms with Crippen LogP contribution in [0.1, 0.15) is 31.7 Å². The van der Waals surface area contributed by atoms with E-state index < -0.39 is 0 Å². The van der Waals surface area contributed by atoms with Gasteiger partial charge in [-0.3, -0.25) is 4.79 Å². The summed E-state index contributed by atoms with van der Waals surface area (Å²) in [6, 6.07) is 10.4. The van der Waals surface area contributed by atoms with Crippen LogP contribution in [0.3, 0.4) is 0 Å². The van der Waals surface area contributed by atoms with Crippen LogP contribution in [0, 0.1) is 11.3 Å². The summed E-state index contributed by atoms with van der Waals surface area (Å²) in [5, 5.41) is 3.19. The molecule has 0 radical (unpaired) electrons. The van der Waals surface area contributed by atoms with Crippen molar-refractivity contribution < 1.29 is 4.79 Å². The maximum Gasteiger partial charge on any atom is 0.226 e. The van der Waals surface area contributed by atoms with E-state index in [2.05, 4.69) is 33.9 Å². The maximum absolute atomic E-state index is 12.7. The number of aromatic nitrogens is 2. The highest BCUT2D eigenvalue weighted by atomic mass is 16.2. The molecule has 1 heterocycles. The Hall–Kier alpha value is -2.10. The molecule has 0 unspecified atom stereocenters. The largest absolute Gasteiger partial charge is 0.355 e. The minimum absolute atomic E-state index is 0.184. The normalized spacial score (nSPS) is 17.3. The van der Waals surface area contributed by atoms with Gasteiger partial charge in [0.1, 0.15) is 0 Å². The third-order valence-electron chi connectivity index (χ3n) is 4.87. The Balaban J connectivity index is 1.53. The molecule has 4 heteroatoms. The van der Waals surface area contributed by atoms with Crippen molar-refractivity contribution in [3.63, 3.8) is 0 Å². The van der Waals surface area contributed by atoms with Crippen LogP contribution in [0.25, 0.3) is 0 Å². The molecule has 1 fully saturated rings. The number of hydrogen-bond donors (Lipinski definition) is 1. The van der Waals surface area contributed by atoms with E-state index in [4.69, 9.17) is 0 Å². The molecule has 23 heavy (non-hydrogen) atoms. The average molecular weight is 311 g/mol. The van der Waals surface area contributed by atoms with Crippen molar-refractivity contribution in [3.05, 3.63) is 54.6 Å². The van der Waals surface area contributed by atoms with Crippen LogP contribution in [0.15, 0.2) is 49.1 Å². The average Bonchev–Trinajstić information content (AvgIpc) is 3.02. The molecule has 4 nitrogen and oxygen atoms in total. The minimum atomic E-state index is -0.184. The number of rotatable bonds is 7. The standard InChI is InChI=1S/C19H25N3O/c1-16(14-22-11-10-20-15-22)13-21-18(23)19(8-5-9-19)12-17-6-3-2-4-7-17/h2-4,6-7,10-11,15-16H,5,8-9,12-14H2,1H3,(H,21,23)/t16-/m0/s1. The number of nitrogens with one attached hydrogen (secondary N) is 1. The first-order chi connectivity index (χ1) is 11.2. The molecule has 1 aromatic heterocycles. The van der Waals surface area contributed by atoms with E-state index in [0.29, 0.717) is 12.5 Å². The van der Waals surface area contributed by atoms with Gasteiger partial charge in [-0.15, -0.1) is 0 Å². The van der Waals surface area contributed by atoms with Crippen LogP contribution in [0.4, 0.5) is 0 Å². The second-order valence-electron chi connectivity index (χ2n) is 6.87. The zero-order valence-electron chi connectivity index (χ0n) is 13.7. The summed E-state index contributed by atoms with van der Waals surface area (Å²) in [4.78, 5) is 16.8. The van der Waals surface area contributed by atoms with Crippen molar-refractivity contribution in [2.75, 3.05) is 6.54 Å². The highest BCUT2D eigenvalue weighted by Gasteiger charge is 2.43. The van der Waals surface area contributed by atoms with Crippen molar-refractivity contribution in [1.29, 1.82) is 0 Å². The molecule has 3 rings (SSSR count). The molecule has 1 aromatic carbocycles. The summed E-state index contributed by atoms with van der Waals surface area (Å²) in [6.45, 7) is 3.75. The van der Waals surface area contributed by atoms with Crippen LogP contribution < -0.4 is 5.32 Å². The van der Waals surface area contributed by atoms with Gasteiger partial charge in [-0.2, -0.15) is 0 Å². The lowest BCUT2D eigenvalue weighted by Gasteiger charge is -2.40. The van der Waals surface area contributed by atoms with Crippen molar-refractivity contribution in [2.24, 2.45) is 11.3 Å². The molecule has 2 aromatic rings. The molecule has 1 N–H and O–H groups in total.